The predicted molar refractivity (Wildman–Crippen MR) is 104 cm³/mol. The van der Waals surface area contributed by atoms with Crippen molar-refractivity contribution >= 4 is 29.0 Å². The Balaban J connectivity index is 1.73. The Labute approximate surface area is 163 Å². The number of nitrogens with zero attached hydrogens (tertiary/aromatic N) is 1. The lowest BCUT2D eigenvalue weighted by Gasteiger charge is -2.25. The normalized spacial score (nSPS) is 27.0. The molecule has 0 saturated carbocycles. The minimum atomic E-state index is -0.926. The maximum absolute atomic E-state index is 12.6. The molecule has 3 unspecified atom stereocenters. The van der Waals surface area contributed by atoms with E-state index >= 15 is 0 Å². The second-order valence-electron chi connectivity index (χ2n) is 7.28. The van der Waals surface area contributed by atoms with Crippen LogP contribution in [-0.2, 0) is 19.1 Å². The molecule has 0 spiro atoms. The van der Waals surface area contributed by atoms with Crippen molar-refractivity contribution in [2.24, 2.45) is 11.8 Å². The summed E-state index contributed by atoms with van der Waals surface area (Å²) in [5.74, 6) is -1.81. The van der Waals surface area contributed by atoms with Gasteiger partial charge in [-0.2, -0.15) is 0 Å². The predicted octanol–water partition coefficient (Wildman–Crippen LogP) is 2.79. The van der Waals surface area contributed by atoms with Gasteiger partial charge in [-0.05, 0) is 44.5 Å². The number of carbonyl (C=O) groups is 2. The second-order valence-corrected chi connectivity index (χ2v) is 7.28. The standard InChI is InChI=1S/C21H25N3O4/c1-2-27-20(25)18-17(15-8-4-3-5-9-22-15)16(28-21(18)26)11-13-12-24-19-14(13)7-6-10-23-19/h6-7,10-12,15,17-18,22H,2-5,8-9H2,1H3,(H,23,24). The fourth-order valence-electron chi connectivity index (χ4n) is 4.20. The van der Waals surface area contributed by atoms with Crippen molar-refractivity contribution in [1.82, 2.24) is 15.3 Å². The fourth-order valence-corrected chi connectivity index (χ4v) is 4.20. The van der Waals surface area contributed by atoms with Crippen LogP contribution in [0.4, 0.5) is 0 Å². The molecule has 0 amide bonds. The summed E-state index contributed by atoms with van der Waals surface area (Å²) in [7, 11) is 0. The van der Waals surface area contributed by atoms with E-state index in [1.54, 1.807) is 13.1 Å². The number of hydrogen-bond donors (Lipinski definition) is 2. The number of fused-ring (bicyclic) bond motifs is 1. The summed E-state index contributed by atoms with van der Waals surface area (Å²) < 4.78 is 10.8. The van der Waals surface area contributed by atoms with Gasteiger partial charge in [0, 0.05) is 29.4 Å². The molecule has 0 aliphatic carbocycles. The highest BCUT2D eigenvalue weighted by Gasteiger charge is 2.50. The molecule has 0 radical (unpaired) electrons. The van der Waals surface area contributed by atoms with Gasteiger partial charge in [0.1, 0.15) is 11.4 Å². The number of aromatic nitrogens is 2. The van der Waals surface area contributed by atoms with E-state index in [1.807, 2.05) is 24.4 Å². The molecular weight excluding hydrogens is 358 g/mol. The van der Waals surface area contributed by atoms with E-state index in [2.05, 4.69) is 15.3 Å². The van der Waals surface area contributed by atoms with Crippen molar-refractivity contribution in [3.63, 3.8) is 0 Å². The topological polar surface area (TPSA) is 93.3 Å². The number of carbonyl (C=O) groups excluding carboxylic acids is 2. The fraction of sp³-hybridized carbons (Fsp3) is 0.476. The zero-order valence-corrected chi connectivity index (χ0v) is 15.9. The van der Waals surface area contributed by atoms with E-state index in [1.165, 1.54) is 0 Å². The lowest BCUT2D eigenvalue weighted by molar-refractivity contribution is -0.156. The Hall–Kier alpha value is -2.67. The largest absolute Gasteiger partial charge is 0.465 e. The van der Waals surface area contributed by atoms with Gasteiger partial charge in [-0.1, -0.05) is 12.8 Å². The average molecular weight is 383 g/mol. The van der Waals surface area contributed by atoms with Crippen molar-refractivity contribution in [2.45, 2.75) is 38.6 Å². The zero-order chi connectivity index (χ0) is 19.5. The maximum atomic E-state index is 12.6. The second kappa shape index (κ2) is 8.14. The minimum Gasteiger partial charge on any atom is -0.465 e. The van der Waals surface area contributed by atoms with Crippen LogP contribution in [-0.4, -0.2) is 41.1 Å². The molecule has 0 bridgehead atoms. The van der Waals surface area contributed by atoms with E-state index < -0.39 is 17.9 Å². The highest BCUT2D eigenvalue weighted by atomic mass is 16.6. The molecule has 2 aromatic heterocycles. The number of hydrogen-bond acceptors (Lipinski definition) is 6. The molecule has 0 aromatic carbocycles. The summed E-state index contributed by atoms with van der Waals surface area (Å²) >= 11 is 0. The third kappa shape index (κ3) is 3.54. The monoisotopic (exact) mass is 383 g/mol. The van der Waals surface area contributed by atoms with Gasteiger partial charge in [-0.3, -0.25) is 9.59 Å². The van der Waals surface area contributed by atoms with Gasteiger partial charge in [0.05, 0.1) is 12.5 Å². The van der Waals surface area contributed by atoms with Crippen LogP contribution in [0.15, 0.2) is 30.3 Å². The summed E-state index contributed by atoms with van der Waals surface area (Å²) in [5, 5.41) is 4.46. The number of H-pyrrole nitrogens is 1. The van der Waals surface area contributed by atoms with Gasteiger partial charge >= 0.3 is 11.9 Å². The number of aromatic amines is 1. The molecular formula is C21H25N3O4. The van der Waals surface area contributed by atoms with Crippen LogP contribution in [0, 0.1) is 11.8 Å². The zero-order valence-electron chi connectivity index (χ0n) is 15.9. The van der Waals surface area contributed by atoms with E-state index in [-0.39, 0.29) is 18.6 Å². The Bertz CT molecular complexity index is 896. The van der Waals surface area contributed by atoms with Gasteiger partial charge in [0.2, 0.25) is 0 Å². The van der Waals surface area contributed by atoms with Crippen LogP contribution >= 0.6 is 0 Å². The Morgan fingerprint density at radius 1 is 1.39 bits per heavy atom. The van der Waals surface area contributed by atoms with Crippen LogP contribution in [0.1, 0.15) is 38.2 Å². The van der Waals surface area contributed by atoms with Crippen LogP contribution in [0.5, 0.6) is 0 Å². The number of cyclic esters (lactones) is 1. The van der Waals surface area contributed by atoms with E-state index in [9.17, 15) is 9.59 Å². The Morgan fingerprint density at radius 3 is 3.14 bits per heavy atom. The van der Waals surface area contributed by atoms with Crippen LogP contribution in [0.2, 0.25) is 0 Å². The third-order valence-electron chi connectivity index (χ3n) is 5.51. The van der Waals surface area contributed by atoms with Crippen molar-refractivity contribution in [1.29, 1.82) is 0 Å². The highest BCUT2D eigenvalue weighted by Crippen LogP contribution is 2.39. The molecule has 7 nitrogen and oxygen atoms in total. The van der Waals surface area contributed by atoms with Gasteiger partial charge in [0.15, 0.2) is 5.92 Å². The van der Waals surface area contributed by atoms with Crippen LogP contribution in [0.3, 0.4) is 0 Å². The quantitative estimate of drug-likeness (QED) is 0.623. The summed E-state index contributed by atoms with van der Waals surface area (Å²) in [6, 6.07) is 3.83. The number of ether oxygens (including phenoxy) is 2. The molecule has 2 aromatic rings. The molecule has 4 rings (SSSR count). The smallest absolute Gasteiger partial charge is 0.326 e. The molecule has 148 valence electrons. The first-order valence-electron chi connectivity index (χ1n) is 9.94. The van der Waals surface area contributed by atoms with Gasteiger partial charge < -0.3 is 19.8 Å². The first-order chi connectivity index (χ1) is 13.7. The average Bonchev–Trinajstić information content (AvgIpc) is 3.11. The number of nitrogens with one attached hydrogen (secondary N) is 2. The summed E-state index contributed by atoms with van der Waals surface area (Å²) in [6.07, 6.45) is 9.60. The summed E-state index contributed by atoms with van der Waals surface area (Å²) in [6.45, 7) is 2.85. The van der Waals surface area contributed by atoms with Gasteiger partial charge in [-0.15, -0.1) is 0 Å². The first kappa shape index (κ1) is 18.7. The lowest BCUT2D eigenvalue weighted by Crippen LogP contribution is -2.42. The molecule has 2 aliphatic rings. The number of esters is 2. The summed E-state index contributed by atoms with van der Waals surface area (Å²) in [4.78, 5) is 32.6. The molecule has 4 heterocycles. The van der Waals surface area contributed by atoms with E-state index in [4.69, 9.17) is 9.47 Å². The van der Waals surface area contributed by atoms with Crippen LogP contribution in [0.25, 0.3) is 17.1 Å². The molecule has 3 atom stereocenters. The molecule has 2 N–H and O–H groups in total. The molecule has 28 heavy (non-hydrogen) atoms. The van der Waals surface area contributed by atoms with Crippen molar-refractivity contribution in [3.05, 3.63) is 35.8 Å². The molecule has 2 aliphatic heterocycles. The van der Waals surface area contributed by atoms with Gasteiger partial charge in [0.25, 0.3) is 0 Å². The number of pyridine rings is 1. The minimum absolute atomic E-state index is 0.00191. The van der Waals surface area contributed by atoms with Crippen molar-refractivity contribution < 1.29 is 19.1 Å². The maximum Gasteiger partial charge on any atom is 0.326 e. The third-order valence-corrected chi connectivity index (χ3v) is 5.51. The van der Waals surface area contributed by atoms with Crippen molar-refractivity contribution in [3.8, 4) is 0 Å². The Kier molecular flexibility index (Phi) is 5.43. The van der Waals surface area contributed by atoms with E-state index in [0.717, 1.165) is 48.8 Å². The lowest BCUT2D eigenvalue weighted by atomic mass is 9.83. The Morgan fingerprint density at radius 2 is 2.29 bits per heavy atom. The van der Waals surface area contributed by atoms with Crippen LogP contribution < -0.4 is 5.32 Å². The van der Waals surface area contributed by atoms with E-state index in [0.29, 0.717) is 5.76 Å². The number of rotatable bonds is 4. The summed E-state index contributed by atoms with van der Waals surface area (Å²) in [5.41, 5.74) is 1.65. The first-order valence-corrected chi connectivity index (χ1v) is 9.94. The molecule has 2 saturated heterocycles. The SMILES string of the molecule is CCOC(=O)C1C(=O)OC(=Cc2c[nH]c3ncccc23)C1C1CCCCCN1. The highest BCUT2D eigenvalue weighted by molar-refractivity contribution is 5.99. The molecule has 2 fully saturated rings. The molecule has 7 heteroatoms. The van der Waals surface area contributed by atoms with Gasteiger partial charge in [-0.25, -0.2) is 4.98 Å². The van der Waals surface area contributed by atoms with Crippen molar-refractivity contribution in [2.75, 3.05) is 13.2 Å².